The molecule has 0 saturated heterocycles. The third-order valence-corrected chi connectivity index (χ3v) is 6.20. The molecule has 36 heavy (non-hydrogen) atoms. The number of amides is 2. The fourth-order valence-corrected chi connectivity index (χ4v) is 4.51. The van der Waals surface area contributed by atoms with Gasteiger partial charge in [-0.05, 0) is 62.0 Å². The van der Waals surface area contributed by atoms with Gasteiger partial charge in [-0.25, -0.2) is 14.0 Å². The second-order valence-electron chi connectivity index (χ2n) is 8.61. The Kier molecular flexibility index (Phi) is 5.72. The van der Waals surface area contributed by atoms with Crippen LogP contribution in [0.3, 0.4) is 0 Å². The van der Waals surface area contributed by atoms with E-state index in [9.17, 15) is 19.1 Å². The molecule has 0 saturated carbocycles. The molecule has 1 aliphatic heterocycles. The molecule has 0 radical (unpaired) electrons. The van der Waals surface area contributed by atoms with Crippen molar-refractivity contribution in [3.8, 4) is 11.6 Å². The fraction of sp³-hybridized carbons (Fsp3) is 0.143. The molecule has 0 N–H and O–H groups in total. The average molecular weight is 483 g/mol. The first-order valence-corrected chi connectivity index (χ1v) is 11.5. The predicted octanol–water partition coefficient (Wildman–Crippen LogP) is 3.49. The highest BCUT2D eigenvalue weighted by Crippen LogP contribution is 2.39. The van der Waals surface area contributed by atoms with Crippen LogP contribution in [-0.4, -0.2) is 21.6 Å². The summed E-state index contributed by atoms with van der Waals surface area (Å²) >= 11 is 0. The summed E-state index contributed by atoms with van der Waals surface area (Å²) in [4.78, 5) is 28.5. The lowest BCUT2D eigenvalue weighted by molar-refractivity contribution is -0.576. The summed E-state index contributed by atoms with van der Waals surface area (Å²) < 4.78 is 16.4. The molecule has 7 nitrogen and oxygen atoms in total. The smallest absolute Gasteiger partial charge is 0.331 e. The summed E-state index contributed by atoms with van der Waals surface area (Å²) in [6, 6.07) is 16.0. The molecule has 4 aromatic rings. The number of halogens is 1. The lowest BCUT2D eigenvalue weighted by Crippen LogP contribution is -2.39. The van der Waals surface area contributed by atoms with Crippen LogP contribution in [0.4, 0.5) is 10.1 Å². The van der Waals surface area contributed by atoms with E-state index in [4.69, 9.17) is 0 Å². The number of nitrogens with zero attached hydrogens (tertiary/aromatic N) is 4. The van der Waals surface area contributed by atoms with Crippen LogP contribution in [0.5, 0.6) is 5.88 Å². The number of benzene rings is 2. The second-order valence-corrected chi connectivity index (χ2v) is 8.61. The number of rotatable bonds is 5. The minimum atomic E-state index is -0.662. The van der Waals surface area contributed by atoms with Crippen molar-refractivity contribution in [2.45, 2.75) is 27.2 Å². The van der Waals surface area contributed by atoms with Gasteiger partial charge in [-0.3, -0.25) is 9.59 Å². The molecule has 2 aromatic heterocycles. The third-order valence-electron chi connectivity index (χ3n) is 6.20. The number of carbonyl (C=O) groups excluding carboxylic acids is 2. The van der Waals surface area contributed by atoms with Crippen molar-refractivity contribution in [3.05, 3.63) is 101 Å². The highest BCUT2D eigenvalue weighted by atomic mass is 19.1. The first kappa shape index (κ1) is 23.2. The molecular weight excluding hydrogens is 459 g/mol. The molecule has 2 amide bonds. The normalized spacial score (nSPS) is 13.7. The van der Waals surface area contributed by atoms with Crippen LogP contribution in [0, 0.1) is 19.7 Å². The second kappa shape index (κ2) is 8.88. The van der Waals surface area contributed by atoms with Crippen molar-refractivity contribution < 1.29 is 23.7 Å². The van der Waals surface area contributed by atoms with Gasteiger partial charge in [0, 0.05) is 17.7 Å². The topological polar surface area (TPSA) is 82.1 Å². The maximum atomic E-state index is 13.8. The predicted molar refractivity (Wildman–Crippen MR) is 131 cm³/mol. The van der Waals surface area contributed by atoms with Crippen LogP contribution < -0.4 is 14.6 Å². The molecule has 8 heteroatoms. The molecule has 0 unspecified atom stereocenters. The van der Waals surface area contributed by atoms with Gasteiger partial charge in [0.2, 0.25) is 0 Å². The number of pyridine rings is 1. The van der Waals surface area contributed by atoms with Crippen molar-refractivity contribution >= 4 is 28.8 Å². The van der Waals surface area contributed by atoms with E-state index in [1.54, 1.807) is 30.6 Å². The summed E-state index contributed by atoms with van der Waals surface area (Å²) in [5.74, 6) is -2.25. The lowest BCUT2D eigenvalue weighted by atomic mass is 10.0. The molecule has 180 valence electrons. The Hall–Kier alpha value is -4.59. The van der Waals surface area contributed by atoms with E-state index >= 15 is 0 Å². The third kappa shape index (κ3) is 3.67. The Bertz CT molecular complexity index is 1540. The molecule has 0 atom stereocenters. The largest absolute Gasteiger partial charge is 0.858 e. The van der Waals surface area contributed by atoms with Gasteiger partial charge in [-0.1, -0.05) is 30.7 Å². The summed E-state index contributed by atoms with van der Waals surface area (Å²) in [6.07, 6.45) is 3.65. The maximum absolute atomic E-state index is 13.8. The number of hydrogen-bond donors (Lipinski definition) is 0. The lowest BCUT2D eigenvalue weighted by Gasteiger charge is -2.16. The number of imide groups is 1. The van der Waals surface area contributed by atoms with Gasteiger partial charge in [-0.15, -0.1) is 0 Å². The minimum Gasteiger partial charge on any atom is -0.858 e. The van der Waals surface area contributed by atoms with E-state index in [0.717, 1.165) is 16.0 Å². The molecule has 3 heterocycles. The molecule has 0 spiro atoms. The van der Waals surface area contributed by atoms with Crippen LogP contribution in [0.1, 0.15) is 29.3 Å². The quantitative estimate of drug-likeness (QED) is 0.322. The van der Waals surface area contributed by atoms with E-state index in [1.165, 1.54) is 33.5 Å². The SMILES string of the molecule is CCc1nn(-c2ccc(C)cc2C)c([O-])c1C1=C([n+]2ccccc2)C(=O)N(c2ccc(F)cc2)C1=O. The monoisotopic (exact) mass is 482 g/mol. The molecule has 0 fully saturated rings. The van der Waals surface area contributed by atoms with E-state index in [2.05, 4.69) is 5.10 Å². The van der Waals surface area contributed by atoms with E-state index in [0.29, 0.717) is 17.8 Å². The number of aromatic nitrogens is 3. The van der Waals surface area contributed by atoms with Crippen molar-refractivity contribution in [2.24, 2.45) is 0 Å². The summed E-state index contributed by atoms with van der Waals surface area (Å²) in [5.41, 5.74) is 3.23. The van der Waals surface area contributed by atoms with Crippen molar-refractivity contribution in [3.63, 3.8) is 0 Å². The molecule has 1 aliphatic rings. The summed E-state index contributed by atoms with van der Waals surface area (Å²) in [5, 5.41) is 18.4. The zero-order valence-electron chi connectivity index (χ0n) is 20.0. The van der Waals surface area contributed by atoms with E-state index in [-0.39, 0.29) is 22.5 Å². The standard InChI is InChI=1S/C28H23FN4O3/c1-4-21-23(27(35)33(30-21)22-13-8-17(2)16-18(22)3)24-25(31-14-6-5-7-15-31)28(36)32(26(24)34)20-11-9-19(29)10-12-20/h5-16H,4H2,1-3H3. The number of aryl methyl sites for hydroxylation is 3. The van der Waals surface area contributed by atoms with Crippen LogP contribution in [0.2, 0.25) is 0 Å². The fourth-order valence-electron chi connectivity index (χ4n) is 4.51. The Morgan fingerprint density at radius 1 is 0.972 bits per heavy atom. The zero-order chi connectivity index (χ0) is 25.6. The summed E-state index contributed by atoms with van der Waals surface area (Å²) in [7, 11) is 0. The maximum Gasteiger partial charge on any atom is 0.331 e. The summed E-state index contributed by atoms with van der Waals surface area (Å²) in [6.45, 7) is 5.69. The first-order valence-electron chi connectivity index (χ1n) is 11.5. The Morgan fingerprint density at radius 3 is 2.31 bits per heavy atom. The van der Waals surface area contributed by atoms with Crippen LogP contribution in [0.25, 0.3) is 17.0 Å². The first-order chi connectivity index (χ1) is 17.3. The molecular formula is C28H23FN4O3. The van der Waals surface area contributed by atoms with Crippen molar-refractivity contribution in [1.82, 2.24) is 9.78 Å². The van der Waals surface area contributed by atoms with Gasteiger partial charge >= 0.3 is 5.91 Å². The Morgan fingerprint density at radius 2 is 1.67 bits per heavy atom. The Balaban J connectivity index is 1.76. The number of carbonyl (C=O) groups is 2. The number of anilines is 1. The van der Waals surface area contributed by atoms with Gasteiger partial charge in [0.1, 0.15) is 11.4 Å². The van der Waals surface area contributed by atoms with Gasteiger partial charge in [0.15, 0.2) is 12.4 Å². The van der Waals surface area contributed by atoms with Gasteiger partial charge < -0.3 is 5.11 Å². The van der Waals surface area contributed by atoms with Crippen molar-refractivity contribution in [1.29, 1.82) is 0 Å². The van der Waals surface area contributed by atoms with Crippen LogP contribution in [-0.2, 0) is 16.0 Å². The van der Waals surface area contributed by atoms with Gasteiger partial charge in [-0.2, -0.15) is 9.67 Å². The molecule has 0 bridgehead atoms. The van der Waals surface area contributed by atoms with E-state index < -0.39 is 23.5 Å². The molecule has 2 aromatic carbocycles. The molecule has 0 aliphatic carbocycles. The van der Waals surface area contributed by atoms with Crippen molar-refractivity contribution in [2.75, 3.05) is 4.90 Å². The minimum absolute atomic E-state index is 0.0293. The van der Waals surface area contributed by atoms with Crippen LogP contribution >= 0.6 is 0 Å². The van der Waals surface area contributed by atoms with Crippen LogP contribution in [0.15, 0.2) is 73.1 Å². The Labute approximate surface area is 207 Å². The number of hydrogen-bond acceptors (Lipinski definition) is 4. The van der Waals surface area contributed by atoms with E-state index in [1.807, 2.05) is 39.0 Å². The zero-order valence-corrected chi connectivity index (χ0v) is 20.0. The van der Waals surface area contributed by atoms with Gasteiger partial charge in [0.25, 0.3) is 11.6 Å². The highest BCUT2D eigenvalue weighted by molar-refractivity contribution is 6.53. The average Bonchev–Trinajstić information content (AvgIpc) is 3.32. The highest BCUT2D eigenvalue weighted by Gasteiger charge is 2.47. The molecule has 5 rings (SSSR count). The van der Waals surface area contributed by atoms with Gasteiger partial charge in [0.05, 0.1) is 17.1 Å².